The summed E-state index contributed by atoms with van der Waals surface area (Å²) in [6, 6.07) is 10.00. The van der Waals surface area contributed by atoms with Crippen molar-refractivity contribution < 1.29 is 22.5 Å². The monoisotopic (exact) mass is 473 g/mol. The van der Waals surface area contributed by atoms with Crippen LogP contribution in [-0.4, -0.2) is 16.0 Å². The number of amides is 1. The van der Waals surface area contributed by atoms with Crippen molar-refractivity contribution in [2.75, 3.05) is 5.32 Å². The highest BCUT2D eigenvalue weighted by Crippen LogP contribution is 2.33. The van der Waals surface area contributed by atoms with Crippen LogP contribution >= 0.6 is 27.5 Å². The largest absolute Gasteiger partial charge is 0.416 e. The Morgan fingerprint density at radius 2 is 1.89 bits per heavy atom. The van der Waals surface area contributed by atoms with Gasteiger partial charge in [0, 0.05) is 22.9 Å². The second kappa shape index (κ2) is 8.32. The number of halogens is 5. The molecule has 0 bridgehead atoms. The minimum Gasteiger partial charge on any atom is -0.339 e. The summed E-state index contributed by atoms with van der Waals surface area (Å²) in [6.45, 7) is 0. The molecule has 0 aliphatic carbocycles. The number of aryl methyl sites for hydroxylation is 1. The van der Waals surface area contributed by atoms with Crippen LogP contribution in [0, 0.1) is 0 Å². The number of nitrogens with zero attached hydrogens (tertiary/aromatic N) is 2. The molecule has 0 fully saturated rings. The van der Waals surface area contributed by atoms with Gasteiger partial charge >= 0.3 is 6.18 Å². The Kier molecular flexibility index (Phi) is 6.04. The fourth-order valence-electron chi connectivity index (χ4n) is 2.30. The summed E-state index contributed by atoms with van der Waals surface area (Å²) in [7, 11) is 0. The quantitative estimate of drug-likeness (QED) is 0.512. The van der Waals surface area contributed by atoms with E-state index in [0.717, 1.165) is 28.2 Å². The van der Waals surface area contributed by atoms with Crippen molar-refractivity contribution in [1.29, 1.82) is 0 Å². The highest BCUT2D eigenvalue weighted by atomic mass is 79.9. The first-order chi connectivity index (χ1) is 13.2. The lowest BCUT2D eigenvalue weighted by Gasteiger charge is -2.11. The van der Waals surface area contributed by atoms with Gasteiger partial charge in [0.2, 0.25) is 17.6 Å². The first kappa shape index (κ1) is 20.3. The minimum atomic E-state index is -4.53. The second-order valence-electron chi connectivity index (χ2n) is 5.76. The molecule has 1 heterocycles. The predicted molar refractivity (Wildman–Crippen MR) is 101 cm³/mol. The van der Waals surface area contributed by atoms with Gasteiger partial charge < -0.3 is 9.84 Å². The molecular weight excluding hydrogens is 463 g/mol. The summed E-state index contributed by atoms with van der Waals surface area (Å²) in [5.74, 6) is 0.0941. The highest BCUT2D eigenvalue weighted by molar-refractivity contribution is 9.10. The van der Waals surface area contributed by atoms with Gasteiger partial charge in [-0.2, -0.15) is 18.2 Å². The van der Waals surface area contributed by atoms with E-state index < -0.39 is 17.6 Å². The van der Waals surface area contributed by atoms with Crippen molar-refractivity contribution in [2.45, 2.75) is 19.0 Å². The van der Waals surface area contributed by atoms with Gasteiger partial charge in [-0.05, 0) is 42.5 Å². The first-order valence-corrected chi connectivity index (χ1v) is 9.14. The Balaban J connectivity index is 1.61. The standard InChI is InChI=1S/C18H12BrClF3N3O2/c19-12-4-1-10(2-5-12)17-25-16(28-26-17)8-7-15(27)24-14-9-11(18(21,22)23)3-6-13(14)20/h1-6,9H,7-8H2,(H,24,27). The zero-order valence-corrected chi connectivity index (χ0v) is 16.4. The zero-order chi connectivity index (χ0) is 20.3. The molecule has 28 heavy (non-hydrogen) atoms. The van der Waals surface area contributed by atoms with Crippen LogP contribution in [0.2, 0.25) is 5.02 Å². The summed E-state index contributed by atoms with van der Waals surface area (Å²) >= 11 is 9.19. The van der Waals surface area contributed by atoms with Crippen LogP contribution in [0.25, 0.3) is 11.4 Å². The number of rotatable bonds is 5. The number of alkyl halides is 3. The van der Waals surface area contributed by atoms with E-state index in [-0.39, 0.29) is 29.4 Å². The van der Waals surface area contributed by atoms with Gasteiger partial charge in [0.05, 0.1) is 16.3 Å². The van der Waals surface area contributed by atoms with Gasteiger partial charge in [-0.15, -0.1) is 0 Å². The van der Waals surface area contributed by atoms with Gasteiger partial charge in [-0.1, -0.05) is 32.7 Å². The van der Waals surface area contributed by atoms with Crippen LogP contribution in [-0.2, 0) is 17.4 Å². The van der Waals surface area contributed by atoms with Crippen LogP contribution in [0.4, 0.5) is 18.9 Å². The highest BCUT2D eigenvalue weighted by Gasteiger charge is 2.31. The molecule has 5 nitrogen and oxygen atoms in total. The third kappa shape index (κ3) is 5.11. The topological polar surface area (TPSA) is 68.0 Å². The fraction of sp³-hybridized carbons (Fsp3) is 0.167. The van der Waals surface area contributed by atoms with Crippen molar-refractivity contribution in [3.63, 3.8) is 0 Å². The van der Waals surface area contributed by atoms with Gasteiger partial charge in [0.15, 0.2) is 0 Å². The summed E-state index contributed by atoms with van der Waals surface area (Å²) in [4.78, 5) is 16.3. The Morgan fingerprint density at radius 3 is 2.57 bits per heavy atom. The van der Waals surface area contributed by atoms with E-state index in [1.165, 1.54) is 0 Å². The maximum Gasteiger partial charge on any atom is 0.416 e. The third-order valence-electron chi connectivity index (χ3n) is 3.70. The average molecular weight is 475 g/mol. The first-order valence-electron chi connectivity index (χ1n) is 7.97. The lowest BCUT2D eigenvalue weighted by Crippen LogP contribution is -2.14. The smallest absolute Gasteiger partial charge is 0.339 e. The molecule has 1 amide bonds. The van der Waals surface area contributed by atoms with Crippen molar-refractivity contribution in [1.82, 2.24) is 10.1 Å². The maximum absolute atomic E-state index is 12.8. The maximum atomic E-state index is 12.8. The van der Waals surface area contributed by atoms with Crippen LogP contribution in [0.1, 0.15) is 17.9 Å². The zero-order valence-electron chi connectivity index (χ0n) is 14.1. The van der Waals surface area contributed by atoms with Gasteiger partial charge in [0.1, 0.15) is 0 Å². The summed E-state index contributed by atoms with van der Waals surface area (Å²) < 4.78 is 44.4. The van der Waals surface area contributed by atoms with Crippen LogP contribution in [0.15, 0.2) is 51.5 Å². The number of nitrogens with one attached hydrogen (secondary N) is 1. The minimum absolute atomic E-state index is 0.0108. The van der Waals surface area contributed by atoms with Crippen molar-refractivity contribution in [2.24, 2.45) is 0 Å². The van der Waals surface area contributed by atoms with E-state index >= 15 is 0 Å². The van der Waals surface area contributed by atoms with Crippen LogP contribution in [0.3, 0.4) is 0 Å². The Hall–Kier alpha value is -2.39. The Labute approximate surface area is 171 Å². The number of hydrogen-bond donors (Lipinski definition) is 1. The molecule has 0 aliphatic rings. The fourth-order valence-corrected chi connectivity index (χ4v) is 2.73. The van der Waals surface area contributed by atoms with E-state index in [0.29, 0.717) is 5.82 Å². The van der Waals surface area contributed by atoms with Gasteiger partial charge in [0.25, 0.3) is 0 Å². The number of carbonyl (C=O) groups is 1. The number of carbonyl (C=O) groups excluding carboxylic acids is 1. The normalized spacial score (nSPS) is 11.5. The van der Waals surface area contributed by atoms with Crippen LogP contribution < -0.4 is 5.32 Å². The summed E-state index contributed by atoms with van der Waals surface area (Å²) in [5.41, 5.74) is -0.260. The summed E-state index contributed by atoms with van der Waals surface area (Å²) in [5, 5.41) is 6.23. The molecule has 0 unspecified atom stereocenters. The summed E-state index contributed by atoms with van der Waals surface area (Å²) in [6.07, 6.45) is -4.46. The molecule has 0 radical (unpaired) electrons. The molecule has 0 aliphatic heterocycles. The number of anilines is 1. The molecule has 2 aromatic carbocycles. The lowest BCUT2D eigenvalue weighted by atomic mass is 10.2. The van der Waals surface area contributed by atoms with Crippen LogP contribution in [0.5, 0.6) is 0 Å². The molecule has 10 heteroatoms. The van der Waals surface area contributed by atoms with E-state index in [1.54, 1.807) is 12.1 Å². The van der Waals surface area contributed by atoms with E-state index in [4.69, 9.17) is 16.1 Å². The Morgan fingerprint density at radius 1 is 1.18 bits per heavy atom. The van der Waals surface area contributed by atoms with Crippen molar-refractivity contribution >= 4 is 39.1 Å². The molecule has 146 valence electrons. The SMILES string of the molecule is O=C(CCc1nc(-c2ccc(Br)cc2)no1)Nc1cc(C(F)(F)F)ccc1Cl. The second-order valence-corrected chi connectivity index (χ2v) is 7.08. The van der Waals surface area contributed by atoms with E-state index in [1.807, 2.05) is 12.1 Å². The number of aromatic nitrogens is 2. The van der Waals surface area contributed by atoms with Gasteiger partial charge in [-0.25, -0.2) is 0 Å². The molecule has 1 N–H and O–H groups in total. The third-order valence-corrected chi connectivity index (χ3v) is 4.56. The Bertz CT molecular complexity index is 990. The molecule has 0 saturated heterocycles. The predicted octanol–water partition coefficient (Wildman–Crippen LogP) is 5.74. The van der Waals surface area contributed by atoms with Crippen molar-refractivity contribution in [3.8, 4) is 11.4 Å². The van der Waals surface area contributed by atoms with E-state index in [9.17, 15) is 18.0 Å². The number of hydrogen-bond acceptors (Lipinski definition) is 4. The molecule has 0 spiro atoms. The molecule has 1 aromatic heterocycles. The molecule has 0 atom stereocenters. The van der Waals surface area contributed by atoms with Crippen molar-refractivity contribution in [3.05, 3.63) is 63.4 Å². The molecule has 0 saturated carbocycles. The van der Waals surface area contributed by atoms with E-state index in [2.05, 4.69) is 31.4 Å². The molecule has 3 rings (SSSR count). The average Bonchev–Trinajstić information content (AvgIpc) is 3.10. The molecule has 3 aromatic rings. The number of benzene rings is 2. The van der Waals surface area contributed by atoms with Gasteiger partial charge in [-0.3, -0.25) is 4.79 Å². The molecular formula is C18H12BrClF3N3O2. The lowest BCUT2D eigenvalue weighted by molar-refractivity contribution is -0.137.